The average molecular weight is 609 g/mol. The Balaban J connectivity index is 1.37. The van der Waals surface area contributed by atoms with E-state index in [4.69, 9.17) is 13.3 Å². The van der Waals surface area contributed by atoms with Crippen molar-refractivity contribution in [3.8, 4) is 0 Å². The molecule has 0 fully saturated rings. The molecule has 0 atom stereocenters. The van der Waals surface area contributed by atoms with E-state index in [-0.39, 0.29) is 30.2 Å². The van der Waals surface area contributed by atoms with E-state index >= 15 is 0 Å². The lowest BCUT2D eigenvalue weighted by atomic mass is 9.82. The number of amides is 4. The van der Waals surface area contributed by atoms with Crippen LogP contribution < -0.4 is 0 Å². The quantitative estimate of drug-likeness (QED) is 0.0830. The lowest BCUT2D eigenvalue weighted by Crippen LogP contribution is -2.45. The van der Waals surface area contributed by atoms with Gasteiger partial charge < -0.3 is 13.3 Å². The highest BCUT2D eigenvalue weighted by Gasteiger charge is 2.40. The Morgan fingerprint density at radius 2 is 0.864 bits per heavy atom. The van der Waals surface area contributed by atoms with E-state index in [2.05, 4.69) is 0 Å². The molecule has 44 heavy (non-hydrogen) atoms. The van der Waals surface area contributed by atoms with Gasteiger partial charge in [0, 0.05) is 73.5 Å². The Morgan fingerprint density at radius 1 is 0.523 bits per heavy atom. The van der Waals surface area contributed by atoms with Crippen LogP contribution in [0.1, 0.15) is 67.6 Å². The van der Waals surface area contributed by atoms with Crippen LogP contribution in [0.2, 0.25) is 6.04 Å². The summed E-state index contributed by atoms with van der Waals surface area (Å²) in [5, 5.41) is 6.48. The fourth-order valence-corrected chi connectivity index (χ4v) is 8.80. The van der Waals surface area contributed by atoms with Gasteiger partial charge in [0.1, 0.15) is 0 Å². The number of hydrogen-bond donors (Lipinski definition) is 0. The SMILES string of the molecule is CCCCN1C(=O)c2ccc3c4ccc5c6c(ccc(c7ccc(c2c37)C1=O)c64)C(=O)N(CCC[Si](OC)(OC)OC)C5=O. The van der Waals surface area contributed by atoms with E-state index in [1.165, 1.54) is 31.1 Å². The van der Waals surface area contributed by atoms with Crippen molar-refractivity contribution in [3.05, 3.63) is 70.8 Å². The molecule has 0 aliphatic carbocycles. The molecule has 0 bridgehead atoms. The smallest absolute Gasteiger partial charge is 0.377 e. The van der Waals surface area contributed by atoms with Gasteiger partial charge in [0.15, 0.2) is 0 Å². The van der Waals surface area contributed by atoms with Gasteiger partial charge in [-0.05, 0) is 69.4 Å². The molecule has 0 saturated carbocycles. The first-order valence-electron chi connectivity index (χ1n) is 14.9. The monoisotopic (exact) mass is 608 g/mol. The first-order chi connectivity index (χ1) is 21.3. The largest absolute Gasteiger partial charge is 0.500 e. The molecule has 10 heteroatoms. The number of carbonyl (C=O) groups excluding carboxylic acids is 4. The van der Waals surface area contributed by atoms with Crippen molar-refractivity contribution < 1.29 is 32.5 Å². The molecule has 2 aliphatic heterocycles. The van der Waals surface area contributed by atoms with Crippen LogP contribution in [0.3, 0.4) is 0 Å². The first kappa shape index (κ1) is 28.5. The second-order valence-corrected chi connectivity index (χ2v) is 14.5. The molecule has 4 amide bonds. The Labute approximate surface area is 254 Å². The van der Waals surface area contributed by atoms with Gasteiger partial charge >= 0.3 is 8.80 Å². The number of benzene rings is 5. The average Bonchev–Trinajstić information content (AvgIpc) is 3.05. The lowest BCUT2D eigenvalue weighted by Gasteiger charge is -2.30. The molecular weight excluding hydrogens is 576 g/mol. The predicted molar refractivity (Wildman–Crippen MR) is 169 cm³/mol. The second kappa shape index (κ2) is 10.4. The summed E-state index contributed by atoms with van der Waals surface area (Å²) in [6.07, 6.45) is 2.10. The normalized spacial score (nSPS) is 15.3. The maximum Gasteiger partial charge on any atom is 0.500 e. The fraction of sp³-hybridized carbons (Fsp3) is 0.294. The zero-order chi connectivity index (χ0) is 30.9. The van der Waals surface area contributed by atoms with E-state index in [0.29, 0.717) is 52.0 Å². The zero-order valence-electron chi connectivity index (χ0n) is 25.1. The Morgan fingerprint density at radius 3 is 1.18 bits per heavy atom. The van der Waals surface area contributed by atoms with Crippen molar-refractivity contribution in [2.45, 2.75) is 32.2 Å². The predicted octanol–water partition coefficient (Wildman–Crippen LogP) is 6.00. The maximum atomic E-state index is 13.8. The highest BCUT2D eigenvalue weighted by atomic mass is 28.4. The van der Waals surface area contributed by atoms with E-state index < -0.39 is 8.80 Å². The zero-order valence-corrected chi connectivity index (χ0v) is 26.1. The number of rotatable bonds is 10. The first-order valence-corrected chi connectivity index (χ1v) is 16.8. The van der Waals surface area contributed by atoms with Gasteiger partial charge in [-0.15, -0.1) is 0 Å². The van der Waals surface area contributed by atoms with Crippen LogP contribution in [-0.4, -0.2) is 76.7 Å². The van der Waals surface area contributed by atoms with Crippen LogP contribution in [0.5, 0.6) is 0 Å². The molecule has 7 rings (SSSR count). The Bertz CT molecular complexity index is 1920. The minimum atomic E-state index is -2.85. The van der Waals surface area contributed by atoms with Crippen LogP contribution in [0.15, 0.2) is 48.5 Å². The van der Waals surface area contributed by atoms with Crippen LogP contribution in [0, 0.1) is 0 Å². The summed E-state index contributed by atoms with van der Waals surface area (Å²) < 4.78 is 16.5. The number of carbonyl (C=O) groups is 4. The summed E-state index contributed by atoms with van der Waals surface area (Å²) in [5.41, 5.74) is 1.99. The van der Waals surface area contributed by atoms with Gasteiger partial charge in [0.05, 0.1) is 0 Å². The third-order valence-electron chi connectivity index (χ3n) is 9.34. The van der Waals surface area contributed by atoms with E-state index in [0.717, 1.165) is 45.2 Å². The van der Waals surface area contributed by atoms with Crippen LogP contribution in [0.25, 0.3) is 43.1 Å². The number of imide groups is 2. The fourth-order valence-electron chi connectivity index (χ4n) is 7.10. The summed E-state index contributed by atoms with van der Waals surface area (Å²) in [6.45, 7) is 2.63. The third-order valence-corrected chi connectivity index (χ3v) is 12.2. The molecule has 0 unspecified atom stereocenters. The van der Waals surface area contributed by atoms with Crippen molar-refractivity contribution in [1.82, 2.24) is 9.80 Å². The topological polar surface area (TPSA) is 102 Å². The van der Waals surface area contributed by atoms with Crippen molar-refractivity contribution >= 4 is 75.5 Å². The van der Waals surface area contributed by atoms with Crippen LogP contribution in [0.4, 0.5) is 0 Å². The standard InChI is InChI=1S/C34H32N2O7Si/c1-5-6-16-35-31(37)23-12-8-19-21-10-14-25-30-26(34(40)36(33(25)39)17-7-18-44(41-2,42-3)43-4)15-11-22(28(21)30)20-9-13-24(32(35)38)29(23)27(19)20/h8-15H,5-7,16-18H2,1-4H3. The third kappa shape index (κ3) is 3.81. The number of fused-ring (bicyclic) bond motifs is 2. The van der Waals surface area contributed by atoms with E-state index in [1.54, 1.807) is 24.3 Å². The molecule has 2 heterocycles. The minimum absolute atomic E-state index is 0.206. The molecule has 0 N–H and O–H groups in total. The Kier molecular flexibility index (Phi) is 6.78. The van der Waals surface area contributed by atoms with Gasteiger partial charge in [-0.3, -0.25) is 29.0 Å². The van der Waals surface area contributed by atoms with Gasteiger partial charge in [-0.1, -0.05) is 37.6 Å². The van der Waals surface area contributed by atoms with E-state index in [9.17, 15) is 19.2 Å². The lowest BCUT2D eigenvalue weighted by molar-refractivity contribution is 0.0591. The van der Waals surface area contributed by atoms with Gasteiger partial charge in [-0.2, -0.15) is 0 Å². The summed E-state index contributed by atoms with van der Waals surface area (Å²) in [5.74, 6) is -1.22. The summed E-state index contributed by atoms with van der Waals surface area (Å²) >= 11 is 0. The number of hydrogen-bond acceptors (Lipinski definition) is 7. The molecule has 2 aliphatic rings. The molecular formula is C34H32N2O7Si. The van der Waals surface area contributed by atoms with Crippen LogP contribution in [-0.2, 0) is 13.3 Å². The Hall–Kier alpha value is -4.22. The summed E-state index contributed by atoms with van der Waals surface area (Å²) in [7, 11) is 1.76. The molecule has 0 radical (unpaired) electrons. The molecule has 224 valence electrons. The number of unbranched alkanes of at least 4 members (excludes halogenated alkanes) is 1. The molecule has 5 aromatic carbocycles. The van der Waals surface area contributed by atoms with Crippen molar-refractivity contribution in [3.63, 3.8) is 0 Å². The van der Waals surface area contributed by atoms with Gasteiger partial charge in [0.25, 0.3) is 23.6 Å². The highest BCUT2D eigenvalue weighted by molar-refractivity contribution is 6.60. The second-order valence-electron chi connectivity index (χ2n) is 11.4. The van der Waals surface area contributed by atoms with Crippen molar-refractivity contribution in [1.29, 1.82) is 0 Å². The van der Waals surface area contributed by atoms with Crippen molar-refractivity contribution in [2.24, 2.45) is 0 Å². The van der Waals surface area contributed by atoms with Gasteiger partial charge in [-0.25, -0.2) is 0 Å². The molecule has 9 nitrogen and oxygen atoms in total. The molecule has 5 aromatic rings. The van der Waals surface area contributed by atoms with E-state index in [1.807, 2.05) is 31.2 Å². The highest BCUT2D eigenvalue weighted by Crippen LogP contribution is 2.46. The van der Waals surface area contributed by atoms with Gasteiger partial charge in [0.2, 0.25) is 0 Å². The summed E-state index contributed by atoms with van der Waals surface area (Å²) in [4.78, 5) is 57.3. The molecule has 0 aromatic heterocycles. The van der Waals surface area contributed by atoms with Crippen molar-refractivity contribution in [2.75, 3.05) is 34.4 Å². The summed E-state index contributed by atoms with van der Waals surface area (Å²) in [6, 6.07) is 15.3. The molecule has 0 spiro atoms. The minimum Gasteiger partial charge on any atom is -0.377 e. The number of nitrogens with zero attached hydrogens (tertiary/aromatic N) is 2. The molecule has 0 saturated heterocycles. The maximum absolute atomic E-state index is 13.8. The van der Waals surface area contributed by atoms with Crippen LogP contribution >= 0.6 is 0 Å².